The van der Waals surface area contributed by atoms with Crippen molar-refractivity contribution in [3.8, 4) is 0 Å². The van der Waals surface area contributed by atoms with Gasteiger partial charge < -0.3 is 9.67 Å². The number of fused-ring (bicyclic) bond motifs is 1. The summed E-state index contributed by atoms with van der Waals surface area (Å²) in [7, 11) is 0. The average Bonchev–Trinajstić information content (AvgIpc) is 2.64. The fourth-order valence-electron chi connectivity index (χ4n) is 1.95. The molecule has 0 aliphatic carbocycles. The monoisotopic (exact) mass is 231 g/mol. The van der Waals surface area contributed by atoms with Crippen molar-refractivity contribution in [2.24, 2.45) is 0 Å². The van der Waals surface area contributed by atoms with Crippen LogP contribution in [0, 0.1) is 0 Å². The molecule has 0 fully saturated rings. The van der Waals surface area contributed by atoms with Gasteiger partial charge >= 0.3 is 0 Å². The molecule has 90 valence electrons. The van der Waals surface area contributed by atoms with Gasteiger partial charge in [-0.2, -0.15) is 0 Å². The summed E-state index contributed by atoms with van der Waals surface area (Å²) in [5, 5.41) is 10.7. The number of para-hydroxylation sites is 1. The molecule has 17 heavy (non-hydrogen) atoms. The first kappa shape index (κ1) is 11.9. The number of carbonyl (C=O) groups excluding carboxylic acids is 1. The number of nitrogens with zero attached hydrogens (tertiary/aromatic N) is 1. The van der Waals surface area contributed by atoms with Crippen LogP contribution >= 0.6 is 0 Å². The smallest absolute Gasteiger partial charge is 0.152 e. The maximum atomic E-state index is 11.0. The third-order valence-corrected chi connectivity index (χ3v) is 2.91. The third-order valence-electron chi connectivity index (χ3n) is 2.91. The van der Waals surface area contributed by atoms with Crippen molar-refractivity contribution in [3.63, 3.8) is 0 Å². The number of benzene rings is 1. The number of aliphatic hydroxyl groups is 1. The highest BCUT2D eigenvalue weighted by Gasteiger charge is 2.14. The van der Waals surface area contributed by atoms with Crippen LogP contribution in [-0.2, 0) is 6.54 Å². The van der Waals surface area contributed by atoms with Gasteiger partial charge in [-0.25, -0.2) is 0 Å². The van der Waals surface area contributed by atoms with Crippen LogP contribution in [0.2, 0.25) is 0 Å². The van der Waals surface area contributed by atoms with Crippen molar-refractivity contribution in [1.82, 2.24) is 4.57 Å². The standard InChI is InChI=1S/C14H17NO2/c1-14(2,17)7-8-15-9-11(10-16)12-5-3-4-6-13(12)15/h3-6,9-10,17H,7-8H2,1-2H3. The molecule has 0 amide bonds. The van der Waals surface area contributed by atoms with Crippen LogP contribution in [0.25, 0.3) is 10.9 Å². The van der Waals surface area contributed by atoms with Crippen molar-refractivity contribution in [1.29, 1.82) is 0 Å². The van der Waals surface area contributed by atoms with Crippen molar-refractivity contribution >= 4 is 17.2 Å². The zero-order valence-corrected chi connectivity index (χ0v) is 10.2. The molecule has 1 aromatic carbocycles. The molecule has 0 saturated heterocycles. The van der Waals surface area contributed by atoms with E-state index in [1.165, 1.54) is 0 Å². The van der Waals surface area contributed by atoms with E-state index in [1.54, 1.807) is 13.8 Å². The maximum absolute atomic E-state index is 11.0. The number of rotatable bonds is 4. The Morgan fingerprint density at radius 1 is 1.35 bits per heavy atom. The van der Waals surface area contributed by atoms with Crippen molar-refractivity contribution < 1.29 is 9.90 Å². The quantitative estimate of drug-likeness (QED) is 0.822. The second-order valence-electron chi connectivity index (χ2n) is 4.98. The van der Waals surface area contributed by atoms with E-state index >= 15 is 0 Å². The highest BCUT2D eigenvalue weighted by Crippen LogP contribution is 2.21. The number of aryl methyl sites for hydroxylation is 1. The first-order chi connectivity index (χ1) is 8.01. The Hall–Kier alpha value is -1.61. The van der Waals surface area contributed by atoms with Crippen LogP contribution in [0.15, 0.2) is 30.5 Å². The van der Waals surface area contributed by atoms with Crippen LogP contribution in [-0.4, -0.2) is 21.6 Å². The Morgan fingerprint density at radius 3 is 2.71 bits per heavy atom. The van der Waals surface area contributed by atoms with Gasteiger partial charge in [-0.3, -0.25) is 4.79 Å². The van der Waals surface area contributed by atoms with E-state index in [9.17, 15) is 9.90 Å². The van der Waals surface area contributed by atoms with Crippen molar-refractivity contribution in [2.45, 2.75) is 32.4 Å². The molecular weight excluding hydrogens is 214 g/mol. The number of aldehydes is 1. The molecule has 0 saturated carbocycles. The molecule has 0 spiro atoms. The highest BCUT2D eigenvalue weighted by atomic mass is 16.3. The Balaban J connectivity index is 2.37. The summed E-state index contributed by atoms with van der Waals surface area (Å²) >= 11 is 0. The first-order valence-electron chi connectivity index (χ1n) is 5.77. The zero-order valence-electron chi connectivity index (χ0n) is 10.2. The predicted octanol–water partition coefficient (Wildman–Crippen LogP) is 2.61. The van der Waals surface area contributed by atoms with Gasteiger partial charge in [-0.1, -0.05) is 18.2 Å². The molecule has 2 aromatic rings. The van der Waals surface area contributed by atoms with Crippen molar-refractivity contribution in [2.75, 3.05) is 0 Å². The van der Waals surface area contributed by atoms with Gasteiger partial charge in [-0.05, 0) is 26.3 Å². The minimum absolute atomic E-state index is 0.657. The Kier molecular flexibility index (Phi) is 3.03. The molecule has 0 atom stereocenters. The van der Waals surface area contributed by atoms with Crippen LogP contribution < -0.4 is 0 Å². The van der Waals surface area contributed by atoms with Gasteiger partial charge in [0.05, 0.1) is 5.60 Å². The molecule has 3 nitrogen and oxygen atoms in total. The van der Waals surface area contributed by atoms with Gasteiger partial charge in [0.2, 0.25) is 0 Å². The fourth-order valence-corrected chi connectivity index (χ4v) is 1.95. The fraction of sp³-hybridized carbons (Fsp3) is 0.357. The SMILES string of the molecule is CC(C)(O)CCn1cc(C=O)c2ccccc21. The first-order valence-corrected chi connectivity index (χ1v) is 5.77. The van der Waals surface area contributed by atoms with E-state index in [1.807, 2.05) is 35.0 Å². The second kappa shape index (κ2) is 4.34. The lowest BCUT2D eigenvalue weighted by atomic mass is 10.1. The molecule has 0 aliphatic rings. The Morgan fingerprint density at radius 2 is 2.06 bits per heavy atom. The molecule has 0 radical (unpaired) electrons. The minimum Gasteiger partial charge on any atom is -0.390 e. The Bertz CT molecular complexity index is 535. The highest BCUT2D eigenvalue weighted by molar-refractivity contribution is 5.97. The lowest BCUT2D eigenvalue weighted by Crippen LogP contribution is -2.20. The number of carbonyl (C=O) groups is 1. The molecule has 1 heterocycles. The second-order valence-corrected chi connectivity index (χ2v) is 4.98. The molecular formula is C14H17NO2. The molecule has 0 unspecified atom stereocenters. The lowest BCUT2D eigenvalue weighted by Gasteiger charge is -2.17. The van der Waals surface area contributed by atoms with Gasteiger partial charge in [-0.15, -0.1) is 0 Å². The summed E-state index contributed by atoms with van der Waals surface area (Å²) in [5.74, 6) is 0. The number of hydrogen-bond acceptors (Lipinski definition) is 2. The lowest BCUT2D eigenvalue weighted by molar-refractivity contribution is 0.0666. The van der Waals surface area contributed by atoms with Crippen molar-refractivity contribution in [3.05, 3.63) is 36.0 Å². The summed E-state index contributed by atoms with van der Waals surface area (Å²) in [6.45, 7) is 4.29. The minimum atomic E-state index is -0.688. The van der Waals surface area contributed by atoms with E-state index in [2.05, 4.69) is 0 Å². The topological polar surface area (TPSA) is 42.2 Å². The van der Waals surface area contributed by atoms with Gasteiger partial charge in [0.25, 0.3) is 0 Å². The van der Waals surface area contributed by atoms with Gasteiger partial charge in [0, 0.05) is 29.2 Å². The van der Waals surface area contributed by atoms with Crippen LogP contribution in [0.4, 0.5) is 0 Å². The largest absolute Gasteiger partial charge is 0.390 e. The van der Waals surface area contributed by atoms with E-state index in [4.69, 9.17) is 0 Å². The van der Waals surface area contributed by atoms with Gasteiger partial charge in [0.15, 0.2) is 6.29 Å². The van der Waals surface area contributed by atoms with Crippen LogP contribution in [0.3, 0.4) is 0 Å². The van der Waals surface area contributed by atoms with Gasteiger partial charge in [0.1, 0.15) is 0 Å². The third kappa shape index (κ3) is 2.56. The summed E-state index contributed by atoms with van der Waals surface area (Å²) < 4.78 is 2.02. The van der Waals surface area contributed by atoms with Crippen LogP contribution in [0.1, 0.15) is 30.6 Å². The van der Waals surface area contributed by atoms with E-state index in [0.717, 1.165) is 17.2 Å². The molecule has 3 heteroatoms. The number of hydrogen-bond donors (Lipinski definition) is 1. The normalized spacial score (nSPS) is 11.9. The van der Waals surface area contributed by atoms with E-state index in [-0.39, 0.29) is 0 Å². The summed E-state index contributed by atoms with van der Waals surface area (Å²) in [6.07, 6.45) is 3.39. The molecule has 2 rings (SSSR count). The Labute approximate surface area is 101 Å². The molecule has 1 aromatic heterocycles. The summed E-state index contributed by atoms with van der Waals surface area (Å²) in [6, 6.07) is 7.82. The van der Waals surface area contributed by atoms with E-state index < -0.39 is 5.60 Å². The predicted molar refractivity (Wildman–Crippen MR) is 68.2 cm³/mol. The van der Waals surface area contributed by atoms with E-state index in [0.29, 0.717) is 18.5 Å². The summed E-state index contributed by atoms with van der Waals surface area (Å²) in [5.41, 5.74) is 1.06. The zero-order chi connectivity index (χ0) is 12.5. The maximum Gasteiger partial charge on any atom is 0.152 e. The average molecular weight is 231 g/mol. The summed E-state index contributed by atoms with van der Waals surface area (Å²) in [4.78, 5) is 11.0. The van der Waals surface area contributed by atoms with Crippen LogP contribution in [0.5, 0.6) is 0 Å². The molecule has 1 N–H and O–H groups in total. The molecule has 0 aliphatic heterocycles. The number of aromatic nitrogens is 1. The molecule has 0 bridgehead atoms.